The number of fused-ring (bicyclic) bond motifs is 1. The zero-order chi connectivity index (χ0) is 20.0. The van der Waals surface area contributed by atoms with Gasteiger partial charge in [0.2, 0.25) is 5.91 Å². The van der Waals surface area contributed by atoms with E-state index in [0.29, 0.717) is 5.69 Å². The van der Waals surface area contributed by atoms with E-state index in [4.69, 9.17) is 0 Å². The van der Waals surface area contributed by atoms with Gasteiger partial charge in [0.05, 0.1) is 22.9 Å². The van der Waals surface area contributed by atoms with Crippen molar-refractivity contribution in [1.29, 1.82) is 0 Å². The molecule has 3 rings (SSSR count). The van der Waals surface area contributed by atoms with Crippen LogP contribution in [0.15, 0.2) is 60.8 Å². The Balaban J connectivity index is 1.51. The second-order valence-corrected chi connectivity index (χ2v) is 5.88. The molecule has 2 aromatic carbocycles. The summed E-state index contributed by atoms with van der Waals surface area (Å²) in [5.41, 5.74) is 2.79. The van der Waals surface area contributed by atoms with Crippen LogP contribution in [0.3, 0.4) is 0 Å². The molecule has 1 heterocycles. The summed E-state index contributed by atoms with van der Waals surface area (Å²) in [5.74, 6) is -0.213. The molecule has 144 valence electrons. The van der Waals surface area contributed by atoms with Gasteiger partial charge in [-0.25, -0.2) is 4.98 Å². The van der Waals surface area contributed by atoms with E-state index in [-0.39, 0.29) is 18.2 Å². The Morgan fingerprint density at radius 2 is 1.79 bits per heavy atom. The number of hydrogen-bond acceptors (Lipinski definition) is 4. The van der Waals surface area contributed by atoms with Gasteiger partial charge < -0.3 is 10.1 Å². The summed E-state index contributed by atoms with van der Waals surface area (Å²) in [6, 6.07) is 13.4. The Labute approximate surface area is 158 Å². The van der Waals surface area contributed by atoms with E-state index in [1.807, 2.05) is 24.3 Å². The van der Waals surface area contributed by atoms with Crippen molar-refractivity contribution in [1.82, 2.24) is 15.3 Å². The van der Waals surface area contributed by atoms with Crippen molar-refractivity contribution in [3.05, 3.63) is 72.1 Å². The maximum Gasteiger partial charge on any atom is 0.422 e. The van der Waals surface area contributed by atoms with Gasteiger partial charge in [-0.1, -0.05) is 24.3 Å². The Morgan fingerprint density at radius 1 is 1.07 bits per heavy atom. The zero-order valence-corrected chi connectivity index (χ0v) is 14.6. The van der Waals surface area contributed by atoms with Crippen LogP contribution in [0, 0.1) is 0 Å². The molecule has 0 aliphatic carbocycles. The average molecular weight is 387 g/mol. The zero-order valence-electron chi connectivity index (χ0n) is 14.6. The van der Waals surface area contributed by atoms with E-state index in [1.165, 1.54) is 18.2 Å². The molecule has 0 radical (unpaired) electrons. The van der Waals surface area contributed by atoms with Gasteiger partial charge in [0.15, 0.2) is 6.61 Å². The number of rotatable bonds is 6. The maximum absolute atomic E-state index is 12.1. The first-order chi connectivity index (χ1) is 13.4. The second kappa shape index (κ2) is 8.51. The highest BCUT2D eigenvalue weighted by atomic mass is 19.4. The summed E-state index contributed by atoms with van der Waals surface area (Å²) in [5, 5.41) is 2.69. The molecule has 1 N–H and O–H groups in total. The summed E-state index contributed by atoms with van der Waals surface area (Å²) in [6.07, 6.45) is 0.0998. The fraction of sp³-hybridized carbons (Fsp3) is 0.150. The smallest absolute Gasteiger partial charge is 0.422 e. The van der Waals surface area contributed by atoms with Crippen molar-refractivity contribution in [2.45, 2.75) is 12.7 Å². The monoisotopic (exact) mass is 387 g/mol. The first-order valence-corrected chi connectivity index (χ1v) is 8.35. The van der Waals surface area contributed by atoms with Gasteiger partial charge in [-0.2, -0.15) is 13.2 Å². The van der Waals surface area contributed by atoms with Crippen molar-refractivity contribution in [2.75, 3.05) is 6.61 Å². The summed E-state index contributed by atoms with van der Waals surface area (Å²) in [4.78, 5) is 20.6. The molecular weight excluding hydrogens is 371 g/mol. The highest BCUT2D eigenvalue weighted by molar-refractivity contribution is 5.91. The van der Waals surface area contributed by atoms with Gasteiger partial charge in [0, 0.05) is 12.6 Å². The third-order valence-electron chi connectivity index (χ3n) is 3.67. The molecule has 0 atom stereocenters. The van der Waals surface area contributed by atoms with Crippen molar-refractivity contribution in [2.24, 2.45) is 0 Å². The highest BCUT2D eigenvalue weighted by Gasteiger charge is 2.28. The third-order valence-corrected chi connectivity index (χ3v) is 3.67. The quantitative estimate of drug-likeness (QED) is 0.652. The lowest BCUT2D eigenvalue weighted by atomic mass is 10.2. The second-order valence-electron chi connectivity index (χ2n) is 5.88. The van der Waals surface area contributed by atoms with Crippen molar-refractivity contribution < 1.29 is 22.7 Å². The van der Waals surface area contributed by atoms with E-state index in [2.05, 4.69) is 20.0 Å². The number of carbonyl (C=O) groups excluding carboxylic acids is 1. The van der Waals surface area contributed by atoms with Crippen LogP contribution in [-0.4, -0.2) is 28.7 Å². The summed E-state index contributed by atoms with van der Waals surface area (Å²) < 4.78 is 41.0. The number of benzene rings is 2. The minimum atomic E-state index is -4.38. The molecule has 0 spiro atoms. The minimum absolute atomic E-state index is 0.113. The Kier molecular flexibility index (Phi) is 5.88. The number of nitrogens with one attached hydrogen (secondary N) is 1. The number of ether oxygens (including phenoxy) is 1. The first-order valence-electron chi connectivity index (χ1n) is 8.35. The van der Waals surface area contributed by atoms with Crippen LogP contribution in [0.4, 0.5) is 13.2 Å². The van der Waals surface area contributed by atoms with E-state index in [9.17, 15) is 18.0 Å². The van der Waals surface area contributed by atoms with Gasteiger partial charge in [-0.3, -0.25) is 9.78 Å². The number of amides is 1. The molecule has 0 saturated heterocycles. The number of carbonyl (C=O) groups is 1. The SMILES string of the molecule is O=C(/C=C/c1cnc2ccccc2n1)NCc1ccc(OCC(F)(F)F)cc1. The first kappa shape index (κ1) is 19.3. The van der Waals surface area contributed by atoms with E-state index >= 15 is 0 Å². The van der Waals surface area contributed by atoms with E-state index in [1.54, 1.807) is 24.4 Å². The minimum Gasteiger partial charge on any atom is -0.484 e. The van der Waals surface area contributed by atoms with Gasteiger partial charge in [0.25, 0.3) is 0 Å². The normalized spacial score (nSPS) is 11.7. The predicted molar refractivity (Wildman–Crippen MR) is 98.4 cm³/mol. The lowest BCUT2D eigenvalue weighted by Gasteiger charge is -2.09. The van der Waals surface area contributed by atoms with Crippen LogP contribution in [-0.2, 0) is 11.3 Å². The predicted octanol–water partition coefficient (Wildman–Crippen LogP) is 3.90. The van der Waals surface area contributed by atoms with Gasteiger partial charge in [0.1, 0.15) is 5.75 Å². The molecule has 8 heteroatoms. The summed E-state index contributed by atoms with van der Waals surface area (Å²) >= 11 is 0. The van der Waals surface area contributed by atoms with Crippen molar-refractivity contribution in [3.8, 4) is 5.75 Å². The van der Waals surface area contributed by atoms with Crippen LogP contribution >= 0.6 is 0 Å². The van der Waals surface area contributed by atoms with E-state index in [0.717, 1.165) is 16.6 Å². The van der Waals surface area contributed by atoms with Gasteiger partial charge >= 0.3 is 6.18 Å². The number of alkyl halides is 3. The van der Waals surface area contributed by atoms with Crippen LogP contribution in [0.1, 0.15) is 11.3 Å². The molecule has 0 unspecified atom stereocenters. The number of hydrogen-bond donors (Lipinski definition) is 1. The number of aromatic nitrogens is 2. The van der Waals surface area contributed by atoms with E-state index < -0.39 is 12.8 Å². The molecule has 0 fully saturated rings. The molecular formula is C20H16F3N3O2. The van der Waals surface area contributed by atoms with Gasteiger partial charge in [-0.15, -0.1) is 0 Å². The molecule has 0 bridgehead atoms. The molecule has 28 heavy (non-hydrogen) atoms. The average Bonchev–Trinajstić information content (AvgIpc) is 2.69. The largest absolute Gasteiger partial charge is 0.484 e. The summed E-state index contributed by atoms with van der Waals surface area (Å²) in [6.45, 7) is -1.11. The standard InChI is InChI=1S/C20H16F3N3O2/c21-20(22,23)13-28-16-8-5-14(6-9-16)11-25-19(27)10-7-15-12-24-17-3-1-2-4-18(17)26-15/h1-10,12H,11,13H2,(H,25,27)/b10-7+. The maximum atomic E-state index is 12.1. The Bertz CT molecular complexity index is 986. The molecule has 5 nitrogen and oxygen atoms in total. The van der Waals surface area contributed by atoms with Crippen LogP contribution in [0.2, 0.25) is 0 Å². The molecule has 0 aliphatic heterocycles. The van der Waals surface area contributed by atoms with Crippen LogP contribution < -0.4 is 10.1 Å². The lowest BCUT2D eigenvalue weighted by Crippen LogP contribution is -2.20. The molecule has 1 amide bonds. The molecule has 3 aromatic rings. The van der Waals surface area contributed by atoms with Crippen molar-refractivity contribution >= 4 is 23.0 Å². The number of para-hydroxylation sites is 2. The molecule has 0 aliphatic rings. The fourth-order valence-corrected chi connectivity index (χ4v) is 2.33. The topological polar surface area (TPSA) is 64.1 Å². The highest BCUT2D eigenvalue weighted by Crippen LogP contribution is 2.18. The fourth-order valence-electron chi connectivity index (χ4n) is 2.33. The third kappa shape index (κ3) is 5.80. The van der Waals surface area contributed by atoms with Crippen LogP contribution in [0.5, 0.6) is 5.75 Å². The summed E-state index contributed by atoms with van der Waals surface area (Å²) in [7, 11) is 0. The van der Waals surface area contributed by atoms with Gasteiger partial charge in [-0.05, 0) is 35.9 Å². The van der Waals surface area contributed by atoms with Crippen LogP contribution in [0.25, 0.3) is 17.1 Å². The lowest BCUT2D eigenvalue weighted by molar-refractivity contribution is -0.153. The molecule has 1 aromatic heterocycles. The Morgan fingerprint density at radius 3 is 2.50 bits per heavy atom. The van der Waals surface area contributed by atoms with Crippen molar-refractivity contribution in [3.63, 3.8) is 0 Å². The number of halogens is 3. The Hall–Kier alpha value is -3.42. The molecule has 0 saturated carbocycles. The number of nitrogens with zero attached hydrogens (tertiary/aromatic N) is 2.